The lowest BCUT2D eigenvalue weighted by Gasteiger charge is -2.18. The molecule has 0 fully saturated rings. The average molecular weight is 304 g/mol. The van der Waals surface area contributed by atoms with Crippen LogP contribution in [0.4, 0.5) is 10.5 Å². The molecule has 1 heterocycles. The predicted octanol–water partition coefficient (Wildman–Crippen LogP) is 3.42. The zero-order valence-corrected chi connectivity index (χ0v) is 12.6. The van der Waals surface area contributed by atoms with Crippen molar-refractivity contribution in [2.45, 2.75) is 13.5 Å². The molecule has 2 N–H and O–H groups in total. The fraction of sp³-hybridized carbons (Fsp3) is 0.200. The number of carbonyl (C=O) groups excluding carboxylic acids is 1. The van der Waals surface area contributed by atoms with Gasteiger partial charge in [-0.05, 0) is 30.0 Å². The minimum atomic E-state index is -1.05. The molecular weight excluding hydrogens is 288 g/mol. The van der Waals surface area contributed by atoms with Crippen LogP contribution in [0.1, 0.15) is 20.8 Å². The minimum absolute atomic E-state index is 0.121. The molecule has 0 aliphatic carbocycles. The molecule has 0 aliphatic heterocycles. The average Bonchev–Trinajstić information content (AvgIpc) is 2.91. The first-order valence-electron chi connectivity index (χ1n) is 6.36. The normalized spacial score (nSPS) is 10.2. The summed E-state index contributed by atoms with van der Waals surface area (Å²) in [5.74, 6) is -1.05. The van der Waals surface area contributed by atoms with E-state index in [0.29, 0.717) is 17.8 Å². The molecule has 0 unspecified atom stereocenters. The summed E-state index contributed by atoms with van der Waals surface area (Å²) in [5.41, 5.74) is 1.04. The second kappa shape index (κ2) is 6.41. The number of rotatable bonds is 4. The highest BCUT2D eigenvalue weighted by Gasteiger charge is 2.17. The molecule has 1 aromatic carbocycles. The van der Waals surface area contributed by atoms with Crippen molar-refractivity contribution in [1.29, 1.82) is 0 Å². The summed E-state index contributed by atoms with van der Waals surface area (Å²) >= 11 is 1.57. The van der Waals surface area contributed by atoms with E-state index in [1.54, 1.807) is 43.5 Å². The first kappa shape index (κ1) is 15.1. The predicted molar refractivity (Wildman–Crippen MR) is 82.9 cm³/mol. The molecule has 0 spiro atoms. The van der Waals surface area contributed by atoms with E-state index in [1.165, 1.54) is 4.90 Å². The van der Waals surface area contributed by atoms with E-state index in [4.69, 9.17) is 0 Å². The molecule has 0 radical (unpaired) electrons. The number of thiophene rings is 1. The Balaban J connectivity index is 2.12. The summed E-state index contributed by atoms with van der Waals surface area (Å²) in [5, 5.41) is 13.8. The monoisotopic (exact) mass is 304 g/mol. The van der Waals surface area contributed by atoms with Gasteiger partial charge in [0.2, 0.25) is 0 Å². The standard InChI is InChI=1S/C15H16N2O3S/c1-10-5-3-7-12(13(10)14(18)19)16-15(20)17(2)9-11-6-4-8-21-11/h3-8H,9H2,1-2H3,(H,16,20)(H,18,19). The molecule has 6 heteroatoms. The van der Waals surface area contributed by atoms with Crippen LogP contribution in [0, 0.1) is 6.92 Å². The summed E-state index contributed by atoms with van der Waals surface area (Å²) < 4.78 is 0. The number of hydrogen-bond acceptors (Lipinski definition) is 3. The molecule has 0 atom stereocenters. The number of aromatic carboxylic acids is 1. The van der Waals surface area contributed by atoms with E-state index >= 15 is 0 Å². The van der Waals surface area contributed by atoms with Crippen molar-refractivity contribution in [3.05, 3.63) is 51.7 Å². The second-order valence-electron chi connectivity index (χ2n) is 4.67. The quantitative estimate of drug-likeness (QED) is 0.909. The van der Waals surface area contributed by atoms with Crippen LogP contribution < -0.4 is 5.32 Å². The fourth-order valence-electron chi connectivity index (χ4n) is 1.97. The largest absolute Gasteiger partial charge is 0.478 e. The van der Waals surface area contributed by atoms with E-state index in [1.807, 2.05) is 17.5 Å². The minimum Gasteiger partial charge on any atom is -0.478 e. The number of hydrogen-bond donors (Lipinski definition) is 2. The van der Waals surface area contributed by atoms with Gasteiger partial charge in [-0.1, -0.05) is 18.2 Å². The summed E-state index contributed by atoms with van der Waals surface area (Å²) in [7, 11) is 1.67. The van der Waals surface area contributed by atoms with Gasteiger partial charge in [0.15, 0.2) is 0 Å². The molecular formula is C15H16N2O3S. The van der Waals surface area contributed by atoms with Crippen molar-refractivity contribution < 1.29 is 14.7 Å². The SMILES string of the molecule is Cc1cccc(NC(=O)N(C)Cc2cccs2)c1C(=O)O. The zero-order chi connectivity index (χ0) is 15.4. The van der Waals surface area contributed by atoms with Crippen molar-refractivity contribution in [3.63, 3.8) is 0 Å². The maximum Gasteiger partial charge on any atom is 0.338 e. The Labute approximate surface area is 126 Å². The van der Waals surface area contributed by atoms with Gasteiger partial charge in [0, 0.05) is 11.9 Å². The van der Waals surface area contributed by atoms with Crippen LogP contribution in [-0.4, -0.2) is 29.1 Å². The Morgan fingerprint density at radius 2 is 2.05 bits per heavy atom. The van der Waals surface area contributed by atoms with Crippen LogP contribution in [0.5, 0.6) is 0 Å². The number of anilines is 1. The molecule has 0 saturated carbocycles. The van der Waals surface area contributed by atoms with Gasteiger partial charge in [-0.3, -0.25) is 0 Å². The Morgan fingerprint density at radius 3 is 2.67 bits per heavy atom. The van der Waals surface area contributed by atoms with Gasteiger partial charge in [0.05, 0.1) is 17.8 Å². The van der Waals surface area contributed by atoms with Crippen molar-refractivity contribution in [3.8, 4) is 0 Å². The second-order valence-corrected chi connectivity index (χ2v) is 5.70. The van der Waals surface area contributed by atoms with Gasteiger partial charge >= 0.3 is 12.0 Å². The molecule has 0 bridgehead atoms. The van der Waals surface area contributed by atoms with Crippen molar-refractivity contribution in [1.82, 2.24) is 4.90 Å². The summed E-state index contributed by atoms with van der Waals surface area (Å²) in [6, 6.07) is 8.55. The number of carboxylic acids is 1. The van der Waals surface area contributed by atoms with Crippen LogP contribution in [0.15, 0.2) is 35.7 Å². The van der Waals surface area contributed by atoms with E-state index < -0.39 is 5.97 Å². The van der Waals surface area contributed by atoms with E-state index in [-0.39, 0.29) is 11.6 Å². The van der Waals surface area contributed by atoms with Gasteiger partial charge in [-0.25, -0.2) is 9.59 Å². The Hall–Kier alpha value is -2.34. The van der Waals surface area contributed by atoms with Gasteiger partial charge < -0.3 is 15.3 Å². The number of carboxylic acid groups (broad SMARTS) is 1. The molecule has 0 saturated heterocycles. The van der Waals surface area contributed by atoms with Crippen LogP contribution in [0.3, 0.4) is 0 Å². The highest BCUT2D eigenvalue weighted by molar-refractivity contribution is 7.09. The number of nitrogens with one attached hydrogen (secondary N) is 1. The summed E-state index contributed by atoms with van der Waals surface area (Å²) in [6.07, 6.45) is 0. The molecule has 5 nitrogen and oxygen atoms in total. The van der Waals surface area contributed by atoms with Crippen molar-refractivity contribution >= 4 is 29.0 Å². The first-order chi connectivity index (χ1) is 9.99. The molecule has 1 aromatic heterocycles. The Morgan fingerprint density at radius 1 is 1.29 bits per heavy atom. The lowest BCUT2D eigenvalue weighted by atomic mass is 10.1. The number of carbonyl (C=O) groups is 2. The number of aryl methyl sites for hydroxylation is 1. The summed E-state index contributed by atoms with van der Waals surface area (Å²) in [6.45, 7) is 2.19. The third-order valence-corrected chi connectivity index (χ3v) is 3.91. The lowest BCUT2D eigenvalue weighted by molar-refractivity contribution is 0.0697. The zero-order valence-electron chi connectivity index (χ0n) is 11.8. The van der Waals surface area contributed by atoms with Crippen LogP contribution in [-0.2, 0) is 6.54 Å². The van der Waals surface area contributed by atoms with E-state index in [0.717, 1.165) is 4.88 Å². The number of amides is 2. The summed E-state index contributed by atoms with van der Waals surface area (Å²) in [4.78, 5) is 26.0. The third-order valence-electron chi connectivity index (χ3n) is 3.05. The maximum atomic E-state index is 12.2. The lowest BCUT2D eigenvalue weighted by Crippen LogP contribution is -2.31. The topological polar surface area (TPSA) is 69.6 Å². The van der Waals surface area contributed by atoms with Crippen LogP contribution in [0.25, 0.3) is 0 Å². The van der Waals surface area contributed by atoms with Crippen molar-refractivity contribution in [2.24, 2.45) is 0 Å². The highest BCUT2D eigenvalue weighted by Crippen LogP contribution is 2.20. The molecule has 2 rings (SSSR count). The first-order valence-corrected chi connectivity index (χ1v) is 7.24. The molecule has 0 aliphatic rings. The smallest absolute Gasteiger partial charge is 0.338 e. The Kier molecular flexibility index (Phi) is 4.59. The van der Waals surface area contributed by atoms with Gasteiger partial charge in [-0.15, -0.1) is 11.3 Å². The number of nitrogens with zero attached hydrogens (tertiary/aromatic N) is 1. The molecule has 2 amide bonds. The molecule has 21 heavy (non-hydrogen) atoms. The van der Waals surface area contributed by atoms with Gasteiger partial charge in [0.25, 0.3) is 0 Å². The van der Waals surface area contributed by atoms with Crippen LogP contribution >= 0.6 is 11.3 Å². The number of benzene rings is 1. The highest BCUT2D eigenvalue weighted by atomic mass is 32.1. The number of urea groups is 1. The van der Waals surface area contributed by atoms with Crippen molar-refractivity contribution in [2.75, 3.05) is 12.4 Å². The fourth-order valence-corrected chi connectivity index (χ4v) is 2.73. The molecule has 2 aromatic rings. The molecule has 110 valence electrons. The van der Waals surface area contributed by atoms with Gasteiger partial charge in [0.1, 0.15) is 0 Å². The van der Waals surface area contributed by atoms with E-state index in [9.17, 15) is 14.7 Å². The maximum absolute atomic E-state index is 12.2. The third kappa shape index (κ3) is 3.61. The Bertz CT molecular complexity index is 653. The van der Waals surface area contributed by atoms with Gasteiger partial charge in [-0.2, -0.15) is 0 Å². The van der Waals surface area contributed by atoms with E-state index in [2.05, 4.69) is 5.32 Å². The van der Waals surface area contributed by atoms with Crippen LogP contribution in [0.2, 0.25) is 0 Å².